The van der Waals surface area contributed by atoms with Crippen LogP contribution in [0.2, 0.25) is 0 Å². The van der Waals surface area contributed by atoms with Gasteiger partial charge in [0.15, 0.2) is 0 Å². The Morgan fingerprint density at radius 1 is 1.22 bits per heavy atom. The summed E-state index contributed by atoms with van der Waals surface area (Å²) in [7, 11) is 1.74. The Kier molecular flexibility index (Phi) is 7.44. The molecule has 2 aliphatic rings. The highest BCUT2D eigenvalue weighted by atomic mass is 16.5. The number of carboxylic acid groups (broad SMARTS) is 1. The molecule has 0 saturated carbocycles. The van der Waals surface area contributed by atoms with Crippen LogP contribution in [-0.4, -0.2) is 47.3 Å². The molecule has 2 aromatic carbocycles. The molecule has 6 heteroatoms. The molecule has 3 heterocycles. The van der Waals surface area contributed by atoms with E-state index in [0.717, 1.165) is 75.1 Å². The highest BCUT2D eigenvalue weighted by Gasteiger charge is 2.32. The number of methoxy groups -OCH3 is 1. The van der Waals surface area contributed by atoms with Gasteiger partial charge >= 0.3 is 5.97 Å². The fourth-order valence-corrected chi connectivity index (χ4v) is 5.79. The predicted octanol–water partition coefficient (Wildman–Crippen LogP) is 6.49. The van der Waals surface area contributed by atoms with Crippen molar-refractivity contribution in [3.8, 4) is 5.75 Å². The van der Waals surface area contributed by atoms with E-state index >= 15 is 0 Å². The number of benzene rings is 2. The number of ether oxygens (including phenoxy) is 2. The minimum absolute atomic E-state index is 0.118. The summed E-state index contributed by atoms with van der Waals surface area (Å²) >= 11 is 0. The van der Waals surface area contributed by atoms with Crippen LogP contribution in [0.5, 0.6) is 5.75 Å². The first kappa shape index (κ1) is 24.6. The molecule has 0 radical (unpaired) electrons. The second-order valence-corrected chi connectivity index (χ2v) is 10.0. The summed E-state index contributed by atoms with van der Waals surface area (Å²) in [5.74, 6) is 0.0130. The lowest BCUT2D eigenvalue weighted by Gasteiger charge is -2.40. The average Bonchev–Trinajstić information content (AvgIpc) is 3.38. The van der Waals surface area contributed by atoms with Gasteiger partial charge in [0, 0.05) is 48.4 Å². The van der Waals surface area contributed by atoms with Gasteiger partial charge in [-0.2, -0.15) is 0 Å². The molecule has 0 spiro atoms. The van der Waals surface area contributed by atoms with Gasteiger partial charge < -0.3 is 19.6 Å². The molecule has 1 fully saturated rings. The number of allylic oxidation sites excluding steroid dienone is 1. The monoisotopic (exact) mass is 488 g/mol. The molecule has 0 unspecified atom stereocenters. The van der Waals surface area contributed by atoms with E-state index in [1.807, 2.05) is 18.3 Å². The maximum atomic E-state index is 11.8. The van der Waals surface area contributed by atoms with Crippen LogP contribution < -0.4 is 4.74 Å². The summed E-state index contributed by atoms with van der Waals surface area (Å²) in [5, 5.41) is 10.8. The lowest BCUT2D eigenvalue weighted by Crippen LogP contribution is -2.40. The Hall–Kier alpha value is -3.09. The number of fused-ring (bicyclic) bond motifs is 5. The van der Waals surface area contributed by atoms with Crippen molar-refractivity contribution in [3.05, 3.63) is 70.4 Å². The van der Waals surface area contributed by atoms with Gasteiger partial charge in [0.05, 0.1) is 18.8 Å². The fourth-order valence-electron chi connectivity index (χ4n) is 5.79. The molecule has 190 valence electrons. The van der Waals surface area contributed by atoms with Gasteiger partial charge in [-0.15, -0.1) is 0 Å². The fraction of sp³-hybridized carbons (Fsp3) is 0.433. The van der Waals surface area contributed by atoms with Crippen LogP contribution in [0.15, 0.2) is 42.6 Å². The number of aromatic carboxylic acids is 1. The van der Waals surface area contributed by atoms with Crippen LogP contribution in [0, 0.1) is 6.92 Å². The van der Waals surface area contributed by atoms with Crippen LogP contribution in [0.1, 0.15) is 77.2 Å². The summed E-state index contributed by atoms with van der Waals surface area (Å²) in [6.45, 7) is 4.56. The summed E-state index contributed by atoms with van der Waals surface area (Å²) in [6, 6.07) is 9.95. The number of aromatic nitrogens is 1. The normalized spacial score (nSPS) is 22.2. The third-order valence-corrected chi connectivity index (χ3v) is 7.72. The number of piperidine rings is 1. The number of nitrogens with one attached hydrogen (secondary N) is 1. The number of hydrogen-bond acceptors (Lipinski definition) is 4. The first-order valence-corrected chi connectivity index (χ1v) is 13.1. The maximum Gasteiger partial charge on any atom is 0.335 e. The van der Waals surface area contributed by atoms with Crippen LogP contribution in [-0.2, 0) is 11.3 Å². The van der Waals surface area contributed by atoms with Gasteiger partial charge in [0.2, 0.25) is 0 Å². The summed E-state index contributed by atoms with van der Waals surface area (Å²) in [4.78, 5) is 17.7. The van der Waals surface area contributed by atoms with Crippen molar-refractivity contribution in [1.82, 2.24) is 9.88 Å². The van der Waals surface area contributed by atoms with Crippen LogP contribution in [0.25, 0.3) is 17.0 Å². The number of likely N-dealkylation sites (tertiary alicyclic amines) is 1. The molecule has 1 aromatic heterocycles. The van der Waals surface area contributed by atoms with Crippen molar-refractivity contribution >= 4 is 22.9 Å². The number of H-pyrrole nitrogens is 1. The molecule has 36 heavy (non-hydrogen) atoms. The summed E-state index contributed by atoms with van der Waals surface area (Å²) < 4.78 is 12.2. The molecular weight excluding hydrogens is 452 g/mol. The number of hydrogen-bond donors (Lipinski definition) is 2. The van der Waals surface area contributed by atoms with Crippen LogP contribution in [0.3, 0.4) is 0 Å². The van der Waals surface area contributed by atoms with E-state index < -0.39 is 5.97 Å². The molecule has 6 nitrogen and oxygen atoms in total. The second-order valence-electron chi connectivity index (χ2n) is 10.0. The summed E-state index contributed by atoms with van der Waals surface area (Å²) in [6.07, 6.45) is 12.7. The first-order valence-electron chi connectivity index (χ1n) is 13.1. The van der Waals surface area contributed by atoms with Gasteiger partial charge in [-0.1, -0.05) is 24.6 Å². The van der Waals surface area contributed by atoms with Crippen LogP contribution in [0.4, 0.5) is 0 Å². The van der Waals surface area contributed by atoms with E-state index in [1.54, 1.807) is 13.2 Å². The lowest BCUT2D eigenvalue weighted by molar-refractivity contribution is -0.0201. The van der Waals surface area contributed by atoms with Gasteiger partial charge in [-0.25, -0.2) is 4.79 Å². The van der Waals surface area contributed by atoms with E-state index in [0.29, 0.717) is 5.56 Å². The van der Waals surface area contributed by atoms with Crippen molar-refractivity contribution in [2.75, 3.05) is 20.3 Å². The van der Waals surface area contributed by atoms with Crippen molar-refractivity contribution < 1.29 is 19.4 Å². The number of nitrogens with zero attached hydrogens (tertiary/aromatic N) is 1. The zero-order valence-electron chi connectivity index (χ0n) is 21.3. The van der Waals surface area contributed by atoms with Crippen molar-refractivity contribution in [1.29, 1.82) is 0 Å². The molecule has 5 rings (SSSR count). The molecule has 3 aromatic rings. The SMILES string of the molecule is COc1cc(C)c2[nH]ccc2c1CN1CC[C@H]2C[C@H]1c1ccc(C(=O)O)cc1/C=C/CCCCCO2. The van der Waals surface area contributed by atoms with Gasteiger partial charge in [0.25, 0.3) is 0 Å². The summed E-state index contributed by atoms with van der Waals surface area (Å²) in [5.41, 5.74) is 5.98. The highest BCUT2D eigenvalue weighted by Crippen LogP contribution is 2.39. The Morgan fingerprint density at radius 2 is 2.11 bits per heavy atom. The number of aromatic amines is 1. The second kappa shape index (κ2) is 10.9. The van der Waals surface area contributed by atoms with Crippen molar-refractivity contribution in [3.63, 3.8) is 0 Å². The lowest BCUT2D eigenvalue weighted by atomic mass is 9.88. The molecule has 0 aliphatic carbocycles. The quantitative estimate of drug-likeness (QED) is 0.439. The smallest absolute Gasteiger partial charge is 0.335 e. The van der Waals surface area contributed by atoms with E-state index in [-0.39, 0.29) is 12.1 Å². The van der Waals surface area contributed by atoms with E-state index in [2.05, 4.69) is 41.1 Å². The van der Waals surface area contributed by atoms with Crippen molar-refractivity contribution in [2.24, 2.45) is 0 Å². The van der Waals surface area contributed by atoms with Crippen molar-refractivity contribution in [2.45, 2.75) is 64.1 Å². The van der Waals surface area contributed by atoms with E-state index in [1.165, 1.54) is 22.1 Å². The Morgan fingerprint density at radius 3 is 2.94 bits per heavy atom. The molecule has 2 atom stereocenters. The molecule has 0 amide bonds. The average molecular weight is 489 g/mol. The molecule has 1 saturated heterocycles. The first-order chi connectivity index (χ1) is 17.5. The maximum absolute atomic E-state index is 11.8. The molecule has 2 N–H and O–H groups in total. The van der Waals surface area contributed by atoms with E-state index in [9.17, 15) is 9.90 Å². The zero-order valence-corrected chi connectivity index (χ0v) is 21.3. The number of rotatable bonds is 4. The Balaban J connectivity index is 1.56. The number of carbonyl (C=O) groups is 1. The largest absolute Gasteiger partial charge is 0.496 e. The molecule has 2 aliphatic heterocycles. The molecular formula is C30H36N2O4. The third kappa shape index (κ3) is 5.06. The zero-order chi connectivity index (χ0) is 25.1. The predicted molar refractivity (Wildman–Crippen MR) is 143 cm³/mol. The highest BCUT2D eigenvalue weighted by molar-refractivity contribution is 5.89. The number of aryl methyl sites for hydroxylation is 1. The Bertz CT molecular complexity index is 1260. The number of carboxylic acids is 1. The third-order valence-electron chi connectivity index (χ3n) is 7.72. The standard InChI is InChI=1S/C30H36N2O4/c1-20-16-28(35-2)26(25-11-13-31-29(20)25)19-32-14-12-23-18-27(32)24-10-9-22(30(33)34)17-21(24)8-6-4-3-5-7-15-36-23/h6,8-11,13,16-17,23,27,31H,3-5,7,12,14-15,18-19H2,1-2H3,(H,33,34)/b8-6+/t23-,27-/m0/s1. The van der Waals surface area contributed by atoms with Crippen LogP contribution >= 0.6 is 0 Å². The Labute approximate surface area is 212 Å². The minimum atomic E-state index is -0.893. The van der Waals surface area contributed by atoms with Gasteiger partial charge in [0.1, 0.15) is 5.75 Å². The van der Waals surface area contributed by atoms with Gasteiger partial charge in [-0.3, -0.25) is 4.90 Å². The minimum Gasteiger partial charge on any atom is -0.496 e. The van der Waals surface area contributed by atoms with E-state index in [4.69, 9.17) is 9.47 Å². The topological polar surface area (TPSA) is 74.8 Å². The molecule has 2 bridgehead atoms. The van der Waals surface area contributed by atoms with Gasteiger partial charge in [-0.05, 0) is 80.0 Å².